The maximum absolute atomic E-state index is 11.4. The van der Waals surface area contributed by atoms with Crippen molar-refractivity contribution in [2.75, 3.05) is 12.4 Å². The van der Waals surface area contributed by atoms with Gasteiger partial charge in [-0.05, 0) is 22.0 Å². The molecule has 1 aliphatic heterocycles. The molecule has 0 saturated carbocycles. The van der Waals surface area contributed by atoms with Crippen LogP contribution < -0.4 is 10.1 Å². The molecule has 1 heterocycles. The minimum atomic E-state index is -0.691. The highest BCUT2D eigenvalue weighted by molar-refractivity contribution is 9.10. The number of benzene rings is 1. The lowest BCUT2D eigenvalue weighted by molar-refractivity contribution is -0.112. The van der Waals surface area contributed by atoms with Crippen LogP contribution in [-0.2, 0) is 4.79 Å². The second-order valence-corrected chi connectivity index (χ2v) is 4.17. The molecule has 78 valence electrons. The van der Waals surface area contributed by atoms with Crippen LogP contribution in [0.5, 0.6) is 5.75 Å². The van der Waals surface area contributed by atoms with E-state index in [0.717, 1.165) is 0 Å². The molecule has 0 fully saturated rings. The first-order valence-electron chi connectivity index (χ1n) is 3.98. The molecule has 2 rings (SSSR count). The molecule has 0 aliphatic carbocycles. The van der Waals surface area contributed by atoms with Crippen LogP contribution in [-0.4, -0.2) is 18.8 Å². The number of hydrogen-bond donors (Lipinski definition) is 1. The third-order valence-electron chi connectivity index (χ3n) is 2.06. The second-order valence-electron chi connectivity index (χ2n) is 2.91. The molecule has 0 atom stereocenters. The number of ether oxygens (including phenoxy) is 1. The molecule has 0 aromatic heterocycles. The zero-order chi connectivity index (χ0) is 11.2. The van der Waals surface area contributed by atoms with Gasteiger partial charge in [-0.2, -0.15) is 0 Å². The van der Waals surface area contributed by atoms with Gasteiger partial charge in [0.25, 0.3) is 11.7 Å². The van der Waals surface area contributed by atoms with Crippen molar-refractivity contribution < 1.29 is 14.3 Å². The monoisotopic (exact) mass is 289 g/mol. The van der Waals surface area contributed by atoms with Crippen LogP contribution >= 0.6 is 27.5 Å². The highest BCUT2D eigenvalue weighted by Gasteiger charge is 2.34. The summed E-state index contributed by atoms with van der Waals surface area (Å²) in [6.07, 6.45) is 0. The Hall–Kier alpha value is -1.07. The summed E-state index contributed by atoms with van der Waals surface area (Å²) in [5.74, 6) is -0.933. The number of ketones is 1. The smallest absolute Gasteiger partial charge is 0.297 e. The fourth-order valence-electron chi connectivity index (χ4n) is 1.43. The number of carbonyl (C=O) groups is 2. The largest absolute Gasteiger partial charge is 0.493 e. The van der Waals surface area contributed by atoms with Gasteiger partial charge in [0, 0.05) is 0 Å². The molecule has 0 bridgehead atoms. The minimum Gasteiger partial charge on any atom is -0.493 e. The quantitative estimate of drug-likeness (QED) is 0.807. The number of rotatable bonds is 1. The van der Waals surface area contributed by atoms with Crippen molar-refractivity contribution in [3.63, 3.8) is 0 Å². The number of methoxy groups -OCH3 is 1. The number of hydrogen-bond acceptors (Lipinski definition) is 3. The van der Waals surface area contributed by atoms with Crippen molar-refractivity contribution in [1.82, 2.24) is 0 Å². The number of amides is 1. The van der Waals surface area contributed by atoms with Crippen molar-refractivity contribution in [2.45, 2.75) is 0 Å². The molecule has 4 nitrogen and oxygen atoms in total. The molecule has 6 heteroatoms. The SMILES string of the molecule is COc1c(Br)cc(Cl)c2c1NC(=O)C2=O. The fourth-order valence-corrected chi connectivity index (χ4v) is 2.44. The van der Waals surface area contributed by atoms with Gasteiger partial charge in [-0.15, -0.1) is 0 Å². The second kappa shape index (κ2) is 3.50. The van der Waals surface area contributed by atoms with E-state index in [9.17, 15) is 9.59 Å². The van der Waals surface area contributed by atoms with Gasteiger partial charge in [-0.1, -0.05) is 11.6 Å². The Morgan fingerprint density at radius 2 is 2.13 bits per heavy atom. The summed E-state index contributed by atoms with van der Waals surface area (Å²) >= 11 is 9.09. The fraction of sp³-hybridized carbons (Fsp3) is 0.111. The number of carbonyl (C=O) groups excluding carboxylic acids is 2. The first-order valence-corrected chi connectivity index (χ1v) is 5.15. The zero-order valence-corrected chi connectivity index (χ0v) is 9.90. The summed E-state index contributed by atoms with van der Waals surface area (Å²) in [5.41, 5.74) is 0.494. The number of halogens is 2. The summed E-state index contributed by atoms with van der Waals surface area (Å²) in [5, 5.41) is 2.64. The van der Waals surface area contributed by atoms with Gasteiger partial charge < -0.3 is 10.1 Å². The molecule has 0 spiro atoms. The molecule has 1 aromatic carbocycles. The van der Waals surface area contributed by atoms with Crippen LogP contribution in [0.2, 0.25) is 5.02 Å². The lowest BCUT2D eigenvalue weighted by Gasteiger charge is -2.09. The van der Waals surface area contributed by atoms with Gasteiger partial charge in [0.1, 0.15) is 0 Å². The van der Waals surface area contributed by atoms with E-state index in [1.54, 1.807) is 0 Å². The molecule has 0 radical (unpaired) electrons. The van der Waals surface area contributed by atoms with Gasteiger partial charge in [0.15, 0.2) is 5.75 Å². The van der Waals surface area contributed by atoms with Crippen LogP contribution in [0.4, 0.5) is 5.69 Å². The number of Topliss-reactive ketones (excluding diaryl/α,β-unsaturated/α-hetero) is 1. The maximum atomic E-state index is 11.4. The summed E-state index contributed by atoms with van der Waals surface area (Å²) in [6, 6.07) is 1.53. The van der Waals surface area contributed by atoms with Crippen molar-refractivity contribution in [3.8, 4) is 5.75 Å². The van der Waals surface area contributed by atoms with Crippen molar-refractivity contribution in [2.24, 2.45) is 0 Å². The standard InChI is InChI=1S/C9H5BrClNO3/c1-15-8-3(10)2-4(11)5-6(8)12-9(14)7(5)13/h2H,1H3,(H,12,13,14). The van der Waals surface area contributed by atoms with Crippen molar-refractivity contribution >= 4 is 44.9 Å². The van der Waals surface area contributed by atoms with E-state index in [1.807, 2.05) is 0 Å². The van der Waals surface area contributed by atoms with E-state index in [0.29, 0.717) is 15.9 Å². The molecule has 1 aromatic rings. The Labute approximate surface area is 98.7 Å². The Balaban J connectivity index is 2.76. The van der Waals surface area contributed by atoms with Gasteiger partial charge in [-0.25, -0.2) is 0 Å². The molecule has 0 unspecified atom stereocenters. The summed E-state index contributed by atoms with van der Waals surface area (Å²) in [6.45, 7) is 0. The zero-order valence-electron chi connectivity index (χ0n) is 7.56. The van der Waals surface area contributed by atoms with Gasteiger partial charge >= 0.3 is 0 Å². The minimum absolute atomic E-state index is 0.168. The van der Waals surface area contributed by atoms with E-state index in [1.165, 1.54) is 13.2 Å². The predicted molar refractivity (Wildman–Crippen MR) is 58.7 cm³/mol. The molecule has 0 saturated heterocycles. The maximum Gasteiger partial charge on any atom is 0.297 e. The summed E-state index contributed by atoms with van der Waals surface area (Å²) < 4.78 is 5.65. The highest BCUT2D eigenvalue weighted by atomic mass is 79.9. The average Bonchev–Trinajstić information content (AvgIpc) is 2.44. The van der Waals surface area contributed by atoms with Crippen molar-refractivity contribution in [3.05, 3.63) is 21.1 Å². The topological polar surface area (TPSA) is 55.4 Å². The van der Waals surface area contributed by atoms with Gasteiger partial charge in [0.2, 0.25) is 0 Å². The molecular formula is C9H5BrClNO3. The predicted octanol–water partition coefficient (Wildman–Crippen LogP) is 2.25. The Morgan fingerprint density at radius 1 is 1.47 bits per heavy atom. The van der Waals surface area contributed by atoms with Crippen molar-refractivity contribution in [1.29, 1.82) is 0 Å². The molecule has 15 heavy (non-hydrogen) atoms. The normalized spacial score (nSPS) is 13.8. The third-order valence-corrected chi connectivity index (χ3v) is 2.95. The number of nitrogens with one attached hydrogen (secondary N) is 1. The van der Waals surface area contributed by atoms with E-state index in [2.05, 4.69) is 21.2 Å². The number of fused-ring (bicyclic) bond motifs is 1. The van der Waals surface area contributed by atoms with Crippen LogP contribution in [0, 0.1) is 0 Å². The molecule has 1 N–H and O–H groups in total. The van der Waals surface area contributed by atoms with E-state index >= 15 is 0 Å². The Kier molecular flexibility index (Phi) is 2.44. The average molecular weight is 291 g/mol. The van der Waals surface area contributed by atoms with Gasteiger partial charge in [-0.3, -0.25) is 9.59 Å². The lowest BCUT2D eigenvalue weighted by Crippen LogP contribution is -2.12. The summed E-state index contributed by atoms with van der Waals surface area (Å²) in [4.78, 5) is 22.6. The lowest BCUT2D eigenvalue weighted by atomic mass is 10.1. The number of anilines is 1. The molecular weight excluding hydrogens is 285 g/mol. The summed E-state index contributed by atoms with van der Waals surface area (Å²) in [7, 11) is 1.45. The Morgan fingerprint density at radius 3 is 2.73 bits per heavy atom. The molecule has 1 amide bonds. The first kappa shape index (κ1) is 10.4. The van der Waals surface area contributed by atoms with E-state index < -0.39 is 11.7 Å². The Bertz CT molecular complexity index is 487. The van der Waals surface area contributed by atoms with E-state index in [4.69, 9.17) is 16.3 Å². The van der Waals surface area contributed by atoms with Crippen LogP contribution in [0.1, 0.15) is 10.4 Å². The van der Waals surface area contributed by atoms with Crippen LogP contribution in [0.3, 0.4) is 0 Å². The van der Waals surface area contributed by atoms with Crippen LogP contribution in [0.15, 0.2) is 10.5 Å². The highest BCUT2D eigenvalue weighted by Crippen LogP contribution is 2.43. The third kappa shape index (κ3) is 1.42. The van der Waals surface area contributed by atoms with E-state index in [-0.39, 0.29) is 10.6 Å². The van der Waals surface area contributed by atoms with Crippen LogP contribution in [0.25, 0.3) is 0 Å². The van der Waals surface area contributed by atoms with Gasteiger partial charge in [0.05, 0.1) is 27.9 Å². The first-order chi connectivity index (χ1) is 7.06. The molecule has 1 aliphatic rings.